The highest BCUT2D eigenvalue weighted by molar-refractivity contribution is 6.02. The van der Waals surface area contributed by atoms with Crippen LogP contribution in [0.4, 0.5) is 4.79 Å². The average molecular weight is 470 g/mol. The predicted molar refractivity (Wildman–Crippen MR) is 131 cm³/mol. The molecule has 0 spiro atoms. The van der Waals surface area contributed by atoms with Crippen molar-refractivity contribution in [2.75, 3.05) is 33.9 Å². The zero-order valence-corrected chi connectivity index (χ0v) is 20.9. The van der Waals surface area contributed by atoms with Gasteiger partial charge < -0.3 is 24.3 Å². The lowest BCUT2D eigenvalue weighted by molar-refractivity contribution is -0.133. The molecule has 2 heterocycles. The van der Waals surface area contributed by atoms with Crippen molar-refractivity contribution in [1.82, 2.24) is 19.8 Å². The highest BCUT2D eigenvalue weighted by atomic mass is 16.5. The maximum atomic E-state index is 13.5. The van der Waals surface area contributed by atoms with Gasteiger partial charge >= 0.3 is 6.03 Å². The number of aryl methyl sites for hydroxylation is 1. The third-order valence-electron chi connectivity index (χ3n) is 5.57. The van der Waals surface area contributed by atoms with Gasteiger partial charge in [0.2, 0.25) is 0 Å². The van der Waals surface area contributed by atoms with Crippen molar-refractivity contribution in [2.24, 2.45) is 12.1 Å². The molecule has 9 heteroatoms. The Kier molecular flexibility index (Phi) is 7.98. The van der Waals surface area contributed by atoms with E-state index >= 15 is 0 Å². The van der Waals surface area contributed by atoms with Crippen LogP contribution < -0.4 is 10.1 Å². The predicted octanol–water partition coefficient (Wildman–Crippen LogP) is 3.17. The van der Waals surface area contributed by atoms with Gasteiger partial charge in [-0.1, -0.05) is 12.1 Å². The second kappa shape index (κ2) is 10.7. The first-order valence-electron chi connectivity index (χ1n) is 11.3. The number of rotatable bonds is 8. The van der Waals surface area contributed by atoms with Crippen molar-refractivity contribution in [2.45, 2.75) is 38.8 Å². The third-order valence-corrected chi connectivity index (χ3v) is 5.57. The largest absolute Gasteiger partial charge is 0.497 e. The van der Waals surface area contributed by atoms with Crippen LogP contribution in [0.1, 0.15) is 44.5 Å². The first kappa shape index (κ1) is 25.3. The minimum absolute atomic E-state index is 0.109. The van der Waals surface area contributed by atoms with E-state index in [4.69, 9.17) is 14.6 Å². The van der Waals surface area contributed by atoms with Gasteiger partial charge in [-0.15, -0.1) is 0 Å². The zero-order chi connectivity index (χ0) is 24.9. The van der Waals surface area contributed by atoms with E-state index < -0.39 is 5.54 Å². The number of nitrogens with zero attached hydrogens (tertiary/aromatic N) is 4. The van der Waals surface area contributed by atoms with Gasteiger partial charge in [-0.3, -0.25) is 4.79 Å². The number of urea groups is 1. The number of nitrogens with one attached hydrogen (secondary N) is 1. The monoisotopic (exact) mass is 469 g/mol. The lowest BCUT2D eigenvalue weighted by atomic mass is 10.0. The van der Waals surface area contributed by atoms with Crippen LogP contribution in [0.3, 0.4) is 0 Å². The molecule has 1 N–H and O–H groups in total. The molecule has 34 heavy (non-hydrogen) atoms. The van der Waals surface area contributed by atoms with Gasteiger partial charge in [0.25, 0.3) is 5.91 Å². The van der Waals surface area contributed by atoms with E-state index in [9.17, 15) is 9.59 Å². The summed E-state index contributed by atoms with van der Waals surface area (Å²) in [6, 6.07) is 11.0. The number of hydrazone groups is 1. The molecule has 0 fully saturated rings. The van der Waals surface area contributed by atoms with Crippen molar-refractivity contribution in [3.05, 3.63) is 53.9 Å². The van der Waals surface area contributed by atoms with E-state index in [0.29, 0.717) is 19.6 Å². The maximum Gasteiger partial charge on any atom is 0.318 e. The number of hydrogen-bond acceptors (Lipinski definition) is 5. The summed E-state index contributed by atoms with van der Waals surface area (Å²) < 4.78 is 12.4. The molecule has 3 amide bonds. The van der Waals surface area contributed by atoms with Crippen LogP contribution in [-0.2, 0) is 16.6 Å². The second-order valence-electron chi connectivity index (χ2n) is 9.38. The summed E-state index contributed by atoms with van der Waals surface area (Å²) in [6.45, 7) is 6.21. The molecule has 2 aromatic rings. The van der Waals surface area contributed by atoms with Crippen molar-refractivity contribution < 1.29 is 19.1 Å². The summed E-state index contributed by atoms with van der Waals surface area (Å²) in [5, 5.41) is 9.15. The van der Waals surface area contributed by atoms with Crippen molar-refractivity contribution in [1.29, 1.82) is 0 Å². The SMILES string of the molecule is COCCN(CC(=O)N1N=C(c2cccn2C)C[C@H]1c1ccc(OC)cc1)C(=O)NC(C)(C)C. The number of benzene rings is 1. The van der Waals surface area contributed by atoms with Gasteiger partial charge in [-0.2, -0.15) is 5.10 Å². The standard InChI is InChI=1S/C25H35N5O4/c1-25(2,3)26-24(32)29(14-15-33-5)17-23(31)30-22(18-9-11-19(34-6)12-10-18)16-20(27-30)21-8-7-13-28(21)4/h7-13,22H,14-17H2,1-6H3,(H,26,32)/t22-/m0/s1. The van der Waals surface area contributed by atoms with Gasteiger partial charge in [-0.05, 0) is 50.6 Å². The van der Waals surface area contributed by atoms with E-state index in [0.717, 1.165) is 22.7 Å². The van der Waals surface area contributed by atoms with Gasteiger partial charge in [0, 0.05) is 38.9 Å². The molecule has 0 unspecified atom stereocenters. The fourth-order valence-corrected chi connectivity index (χ4v) is 3.83. The molecular weight excluding hydrogens is 434 g/mol. The quantitative estimate of drug-likeness (QED) is 0.643. The molecular formula is C25H35N5O4. The minimum Gasteiger partial charge on any atom is -0.497 e. The highest BCUT2D eigenvalue weighted by Crippen LogP contribution is 2.33. The number of ether oxygens (including phenoxy) is 2. The molecule has 1 aromatic heterocycles. The number of aromatic nitrogens is 1. The lowest BCUT2D eigenvalue weighted by Crippen LogP contribution is -2.52. The topological polar surface area (TPSA) is 88.4 Å². The minimum atomic E-state index is -0.428. The molecule has 1 aliphatic rings. The van der Waals surface area contributed by atoms with E-state index in [1.807, 2.05) is 75.0 Å². The molecule has 0 aliphatic carbocycles. The van der Waals surface area contributed by atoms with Crippen LogP contribution in [0.2, 0.25) is 0 Å². The summed E-state index contributed by atoms with van der Waals surface area (Å²) >= 11 is 0. The van der Waals surface area contributed by atoms with Crippen LogP contribution in [-0.4, -0.2) is 71.6 Å². The van der Waals surface area contributed by atoms with E-state index in [-0.39, 0.29) is 24.5 Å². The van der Waals surface area contributed by atoms with Crippen LogP contribution >= 0.6 is 0 Å². The molecule has 1 aliphatic heterocycles. The van der Waals surface area contributed by atoms with Crippen LogP contribution in [0, 0.1) is 0 Å². The molecule has 1 atom stereocenters. The Hall–Kier alpha value is -3.33. The summed E-state index contributed by atoms with van der Waals surface area (Å²) in [7, 11) is 5.14. The van der Waals surface area contributed by atoms with Gasteiger partial charge in [-0.25, -0.2) is 9.80 Å². The number of carbonyl (C=O) groups is 2. The molecule has 0 radical (unpaired) electrons. The second-order valence-corrected chi connectivity index (χ2v) is 9.38. The summed E-state index contributed by atoms with van der Waals surface area (Å²) in [5.74, 6) is 0.484. The van der Waals surface area contributed by atoms with Gasteiger partial charge in [0.05, 0.1) is 31.2 Å². The van der Waals surface area contributed by atoms with Crippen LogP contribution in [0.15, 0.2) is 47.7 Å². The van der Waals surface area contributed by atoms with Crippen molar-refractivity contribution in [3.8, 4) is 5.75 Å². The van der Waals surface area contributed by atoms with E-state index in [1.54, 1.807) is 14.2 Å². The normalized spacial score (nSPS) is 15.8. The van der Waals surface area contributed by atoms with Crippen molar-refractivity contribution >= 4 is 17.6 Å². The Balaban J connectivity index is 1.88. The molecule has 0 bridgehead atoms. The molecule has 9 nitrogen and oxygen atoms in total. The number of amides is 3. The molecule has 184 valence electrons. The van der Waals surface area contributed by atoms with Gasteiger partial charge in [0.1, 0.15) is 12.3 Å². The fourth-order valence-electron chi connectivity index (χ4n) is 3.83. The Morgan fingerprint density at radius 1 is 1.18 bits per heavy atom. The number of hydrogen-bond donors (Lipinski definition) is 1. The maximum absolute atomic E-state index is 13.5. The van der Waals surface area contributed by atoms with Crippen LogP contribution in [0.5, 0.6) is 5.75 Å². The summed E-state index contributed by atoms with van der Waals surface area (Å²) in [5.41, 5.74) is 2.30. The first-order chi connectivity index (χ1) is 16.1. The van der Waals surface area contributed by atoms with Crippen molar-refractivity contribution in [3.63, 3.8) is 0 Å². The smallest absolute Gasteiger partial charge is 0.318 e. The van der Waals surface area contributed by atoms with Crippen LogP contribution in [0.25, 0.3) is 0 Å². The summed E-state index contributed by atoms with van der Waals surface area (Å²) in [4.78, 5) is 27.9. The first-order valence-corrected chi connectivity index (χ1v) is 11.3. The van der Waals surface area contributed by atoms with Gasteiger partial charge in [0.15, 0.2) is 0 Å². The number of methoxy groups -OCH3 is 2. The molecule has 0 saturated heterocycles. The fraction of sp³-hybridized carbons (Fsp3) is 0.480. The highest BCUT2D eigenvalue weighted by Gasteiger charge is 2.35. The Labute approximate surface area is 201 Å². The molecule has 1 aromatic carbocycles. The average Bonchev–Trinajstić information content (AvgIpc) is 3.41. The van der Waals surface area contributed by atoms with E-state index in [2.05, 4.69) is 5.32 Å². The molecule has 3 rings (SSSR count). The molecule has 0 saturated carbocycles. The Bertz CT molecular complexity index is 1020. The number of carbonyl (C=O) groups excluding carboxylic acids is 2. The Morgan fingerprint density at radius 2 is 1.88 bits per heavy atom. The summed E-state index contributed by atoms with van der Waals surface area (Å²) in [6.07, 6.45) is 2.52. The van der Waals surface area contributed by atoms with E-state index in [1.165, 1.54) is 9.91 Å². The Morgan fingerprint density at radius 3 is 2.44 bits per heavy atom. The third kappa shape index (κ3) is 6.17. The lowest BCUT2D eigenvalue weighted by Gasteiger charge is -2.30. The zero-order valence-electron chi connectivity index (χ0n) is 20.9.